The quantitative estimate of drug-likeness (QED) is 0.831. The molecule has 0 bridgehead atoms. The average molecular weight is 334 g/mol. The van der Waals surface area contributed by atoms with Crippen molar-refractivity contribution in [3.05, 3.63) is 29.3 Å². The zero-order valence-electron chi connectivity index (χ0n) is 13.5. The van der Waals surface area contributed by atoms with Crippen molar-refractivity contribution >= 4 is 27.2 Å². The molecule has 0 radical (unpaired) electrons. The predicted molar refractivity (Wildman–Crippen MR) is 90.5 cm³/mol. The van der Waals surface area contributed by atoms with Crippen molar-refractivity contribution < 1.29 is 13.2 Å². The zero-order valence-corrected chi connectivity index (χ0v) is 14.3. The number of nitrogens with one attached hydrogen (secondary N) is 2. The minimum absolute atomic E-state index is 0.110. The Morgan fingerprint density at radius 2 is 1.96 bits per heavy atom. The van der Waals surface area contributed by atoms with Gasteiger partial charge in [-0.05, 0) is 57.2 Å². The van der Waals surface area contributed by atoms with Crippen LogP contribution in [0.1, 0.15) is 51.5 Å². The summed E-state index contributed by atoms with van der Waals surface area (Å²) in [7, 11) is -3.57. The molecule has 5 nitrogen and oxygen atoms in total. The summed E-state index contributed by atoms with van der Waals surface area (Å²) in [5, 5.41) is 2.84. The molecule has 3 rings (SSSR count). The highest BCUT2D eigenvalue weighted by Gasteiger charge is 2.30. The molecule has 1 atom stereocenters. The van der Waals surface area contributed by atoms with Gasteiger partial charge in [-0.25, -0.2) is 13.1 Å². The van der Waals surface area contributed by atoms with Crippen LogP contribution in [0.4, 0.5) is 5.69 Å². The molecule has 0 spiro atoms. The van der Waals surface area contributed by atoms with Crippen LogP contribution in [-0.2, 0) is 14.8 Å². The summed E-state index contributed by atoms with van der Waals surface area (Å²) in [6.45, 7) is 3.77. The van der Waals surface area contributed by atoms with Crippen LogP contribution in [0.25, 0.3) is 5.57 Å². The summed E-state index contributed by atoms with van der Waals surface area (Å²) in [4.78, 5) is 12.5. The van der Waals surface area contributed by atoms with E-state index in [9.17, 15) is 13.2 Å². The van der Waals surface area contributed by atoms with Crippen molar-refractivity contribution in [1.29, 1.82) is 0 Å². The lowest BCUT2D eigenvalue weighted by Crippen LogP contribution is -2.32. The number of fused-ring (bicyclic) bond motifs is 1. The van der Waals surface area contributed by atoms with Crippen LogP contribution in [0.5, 0.6) is 0 Å². The number of carbonyl (C=O) groups excluding carboxylic acids is 1. The Kier molecular flexibility index (Phi) is 4.29. The summed E-state index contributed by atoms with van der Waals surface area (Å²) in [5.41, 5.74) is 3.24. The minimum atomic E-state index is -3.57. The van der Waals surface area contributed by atoms with Gasteiger partial charge in [-0.3, -0.25) is 4.79 Å². The Labute approximate surface area is 137 Å². The second-order valence-corrected chi connectivity index (χ2v) is 7.99. The van der Waals surface area contributed by atoms with Crippen molar-refractivity contribution in [1.82, 2.24) is 4.72 Å². The zero-order chi connectivity index (χ0) is 16.6. The molecule has 23 heavy (non-hydrogen) atoms. The normalized spacial score (nSPS) is 19.0. The van der Waals surface area contributed by atoms with Crippen molar-refractivity contribution in [2.75, 3.05) is 5.32 Å². The Bertz CT molecular complexity index is 773. The van der Waals surface area contributed by atoms with Gasteiger partial charge in [0, 0.05) is 22.9 Å². The van der Waals surface area contributed by atoms with E-state index in [2.05, 4.69) is 10.0 Å². The molecule has 124 valence electrons. The Balaban J connectivity index is 2.03. The lowest BCUT2D eigenvalue weighted by atomic mass is 10.00. The largest absolute Gasteiger partial charge is 0.321 e. The molecule has 1 aliphatic heterocycles. The molecule has 0 saturated heterocycles. The summed E-state index contributed by atoms with van der Waals surface area (Å²) in [6, 6.07) is 4.73. The molecule has 1 amide bonds. The van der Waals surface area contributed by atoms with Crippen molar-refractivity contribution in [2.45, 2.75) is 56.9 Å². The molecule has 1 aliphatic carbocycles. The average Bonchev–Trinajstić information content (AvgIpc) is 3.11. The van der Waals surface area contributed by atoms with E-state index in [1.54, 1.807) is 18.2 Å². The Hall–Kier alpha value is -1.66. The highest BCUT2D eigenvalue weighted by Crippen LogP contribution is 2.40. The molecule has 1 unspecified atom stereocenters. The first-order valence-electron chi connectivity index (χ1n) is 8.12. The number of carbonyl (C=O) groups is 1. The van der Waals surface area contributed by atoms with Crippen LogP contribution in [0, 0.1) is 0 Å². The fourth-order valence-corrected chi connectivity index (χ4v) is 4.49. The van der Waals surface area contributed by atoms with E-state index >= 15 is 0 Å². The second kappa shape index (κ2) is 6.09. The SMILES string of the molecule is CCC(C)NS(=O)(=O)c1ccc2c(c1)C(=C1CCCC1)C(=O)N2. The van der Waals surface area contributed by atoms with Gasteiger partial charge in [0.1, 0.15) is 0 Å². The fraction of sp³-hybridized carbons (Fsp3) is 0.471. The number of hydrogen-bond donors (Lipinski definition) is 2. The van der Waals surface area contributed by atoms with Crippen LogP contribution in [-0.4, -0.2) is 20.4 Å². The lowest BCUT2D eigenvalue weighted by Gasteiger charge is -2.13. The summed E-state index contributed by atoms with van der Waals surface area (Å²) in [6.07, 6.45) is 4.75. The van der Waals surface area contributed by atoms with E-state index in [1.807, 2.05) is 13.8 Å². The van der Waals surface area contributed by atoms with Crippen LogP contribution < -0.4 is 10.0 Å². The third-order valence-electron chi connectivity index (χ3n) is 4.58. The van der Waals surface area contributed by atoms with Crippen molar-refractivity contribution in [3.63, 3.8) is 0 Å². The van der Waals surface area contributed by atoms with E-state index in [4.69, 9.17) is 0 Å². The summed E-state index contributed by atoms with van der Waals surface area (Å²) >= 11 is 0. The molecule has 1 heterocycles. The molecule has 0 aromatic heterocycles. The fourth-order valence-electron chi connectivity index (χ4n) is 3.13. The topological polar surface area (TPSA) is 75.3 Å². The van der Waals surface area contributed by atoms with Crippen LogP contribution in [0.2, 0.25) is 0 Å². The first kappa shape index (κ1) is 16.2. The molecule has 1 aromatic carbocycles. The van der Waals surface area contributed by atoms with Gasteiger partial charge in [-0.15, -0.1) is 0 Å². The predicted octanol–water partition coefficient (Wildman–Crippen LogP) is 3.04. The maximum absolute atomic E-state index is 12.5. The van der Waals surface area contributed by atoms with Gasteiger partial charge in [0.25, 0.3) is 5.91 Å². The first-order valence-corrected chi connectivity index (χ1v) is 9.61. The molecule has 6 heteroatoms. The lowest BCUT2D eigenvalue weighted by molar-refractivity contribution is -0.110. The highest BCUT2D eigenvalue weighted by atomic mass is 32.2. The molecule has 1 aromatic rings. The molecule has 2 aliphatic rings. The van der Waals surface area contributed by atoms with Crippen molar-refractivity contribution in [2.24, 2.45) is 0 Å². The van der Waals surface area contributed by atoms with Gasteiger partial charge in [0.05, 0.1) is 4.90 Å². The van der Waals surface area contributed by atoms with Gasteiger partial charge in [0.15, 0.2) is 0 Å². The number of rotatable bonds is 4. The van der Waals surface area contributed by atoms with Crippen LogP contribution >= 0.6 is 0 Å². The Morgan fingerprint density at radius 1 is 1.26 bits per heavy atom. The third-order valence-corrected chi connectivity index (χ3v) is 6.16. The smallest absolute Gasteiger partial charge is 0.256 e. The number of hydrogen-bond acceptors (Lipinski definition) is 3. The highest BCUT2D eigenvalue weighted by molar-refractivity contribution is 7.89. The van der Waals surface area contributed by atoms with E-state index < -0.39 is 10.0 Å². The molecular formula is C17H22N2O3S. The summed E-state index contributed by atoms with van der Waals surface area (Å²) in [5.74, 6) is -0.110. The van der Waals surface area contributed by atoms with Gasteiger partial charge in [0.2, 0.25) is 10.0 Å². The molecule has 2 N–H and O–H groups in total. The van der Waals surface area contributed by atoms with E-state index in [1.165, 1.54) is 0 Å². The molecule has 1 saturated carbocycles. The maximum Gasteiger partial charge on any atom is 0.256 e. The Morgan fingerprint density at radius 3 is 2.61 bits per heavy atom. The number of amides is 1. The maximum atomic E-state index is 12.5. The summed E-state index contributed by atoms with van der Waals surface area (Å²) < 4.78 is 27.6. The van der Waals surface area contributed by atoms with E-state index in [0.717, 1.165) is 43.2 Å². The first-order chi connectivity index (χ1) is 10.9. The van der Waals surface area contributed by atoms with E-state index in [-0.39, 0.29) is 16.8 Å². The van der Waals surface area contributed by atoms with Crippen LogP contribution in [0.3, 0.4) is 0 Å². The van der Waals surface area contributed by atoms with E-state index in [0.29, 0.717) is 11.3 Å². The second-order valence-electron chi connectivity index (χ2n) is 6.28. The number of sulfonamides is 1. The van der Waals surface area contributed by atoms with Gasteiger partial charge in [-0.1, -0.05) is 12.5 Å². The van der Waals surface area contributed by atoms with Gasteiger partial charge in [-0.2, -0.15) is 0 Å². The van der Waals surface area contributed by atoms with Gasteiger partial charge < -0.3 is 5.32 Å². The molecule has 1 fully saturated rings. The number of allylic oxidation sites excluding steroid dienone is 1. The number of anilines is 1. The monoisotopic (exact) mass is 334 g/mol. The number of benzene rings is 1. The molecular weight excluding hydrogens is 312 g/mol. The standard InChI is InChI=1S/C17H22N2O3S/c1-3-11(2)19-23(21,22)13-8-9-15-14(10-13)16(17(20)18-15)12-6-4-5-7-12/h8-11,19H,3-7H2,1-2H3,(H,18,20). The van der Waals surface area contributed by atoms with Crippen molar-refractivity contribution in [3.8, 4) is 0 Å². The minimum Gasteiger partial charge on any atom is -0.321 e. The third kappa shape index (κ3) is 3.05. The van der Waals surface area contributed by atoms with Gasteiger partial charge >= 0.3 is 0 Å². The van der Waals surface area contributed by atoms with Crippen LogP contribution in [0.15, 0.2) is 28.7 Å².